The van der Waals surface area contributed by atoms with E-state index >= 15 is 0 Å². The van der Waals surface area contributed by atoms with Crippen molar-refractivity contribution in [3.63, 3.8) is 0 Å². The molecule has 0 radical (unpaired) electrons. The number of nitrogens with zero attached hydrogens (tertiary/aromatic N) is 3. The second-order valence-corrected chi connectivity index (χ2v) is 7.19. The molecule has 3 amide bonds. The van der Waals surface area contributed by atoms with E-state index in [4.69, 9.17) is 5.26 Å². The van der Waals surface area contributed by atoms with Crippen molar-refractivity contribution in [2.24, 2.45) is 0 Å². The van der Waals surface area contributed by atoms with Gasteiger partial charge in [0.2, 0.25) is 0 Å². The smallest absolute Gasteiger partial charge is 0.318 e. The van der Waals surface area contributed by atoms with Gasteiger partial charge < -0.3 is 9.88 Å². The first-order valence-electron chi connectivity index (χ1n) is 9.56. The van der Waals surface area contributed by atoms with Crippen molar-refractivity contribution in [2.75, 3.05) is 0 Å². The number of nitrogens with one attached hydrogen (secondary N) is 1. The molecule has 1 saturated heterocycles. The number of hydrogen-bond acceptors (Lipinski definition) is 3. The zero-order chi connectivity index (χ0) is 21.3. The first-order valence-corrected chi connectivity index (χ1v) is 9.56. The lowest BCUT2D eigenvalue weighted by molar-refractivity contribution is -0.123. The summed E-state index contributed by atoms with van der Waals surface area (Å²) in [4.78, 5) is 26.4. The first kappa shape index (κ1) is 19.2. The van der Waals surface area contributed by atoms with Crippen LogP contribution >= 0.6 is 0 Å². The van der Waals surface area contributed by atoms with E-state index in [1.165, 1.54) is 4.90 Å². The minimum absolute atomic E-state index is 0.229. The third-order valence-corrected chi connectivity index (χ3v) is 5.17. The van der Waals surface area contributed by atoms with Crippen molar-refractivity contribution in [3.05, 3.63) is 94.4 Å². The normalized spacial score (nSPS) is 14.8. The third-order valence-electron chi connectivity index (χ3n) is 5.17. The Morgan fingerprint density at radius 1 is 1.03 bits per heavy atom. The molecule has 1 fully saturated rings. The average Bonchev–Trinajstić information content (AvgIpc) is 3.18. The van der Waals surface area contributed by atoms with Gasteiger partial charge in [-0.05, 0) is 61.4 Å². The van der Waals surface area contributed by atoms with E-state index in [-0.39, 0.29) is 18.1 Å². The Hall–Kier alpha value is -4.11. The Kier molecular flexibility index (Phi) is 4.95. The lowest BCUT2D eigenvalue weighted by atomic mass is 10.2. The van der Waals surface area contributed by atoms with Gasteiger partial charge in [0.25, 0.3) is 5.91 Å². The molecule has 2 heterocycles. The number of carbonyl (C=O) groups is 2. The van der Waals surface area contributed by atoms with Crippen LogP contribution < -0.4 is 5.32 Å². The van der Waals surface area contributed by atoms with Crippen molar-refractivity contribution in [1.82, 2.24) is 14.8 Å². The first-order chi connectivity index (χ1) is 14.5. The molecule has 1 N–H and O–H groups in total. The summed E-state index contributed by atoms with van der Waals surface area (Å²) in [6.07, 6.45) is 1.72. The summed E-state index contributed by atoms with van der Waals surface area (Å²) in [6.45, 7) is 4.16. The number of aryl methyl sites for hydroxylation is 1. The van der Waals surface area contributed by atoms with E-state index < -0.39 is 6.03 Å². The fourth-order valence-corrected chi connectivity index (χ4v) is 3.65. The molecule has 0 atom stereocenters. The summed E-state index contributed by atoms with van der Waals surface area (Å²) in [7, 11) is 0. The van der Waals surface area contributed by atoms with E-state index in [0.717, 1.165) is 28.2 Å². The topological polar surface area (TPSA) is 78.1 Å². The Bertz CT molecular complexity index is 1200. The number of benzene rings is 2. The molecule has 0 saturated carbocycles. The van der Waals surface area contributed by atoms with Crippen LogP contribution in [0, 0.1) is 25.2 Å². The van der Waals surface area contributed by atoms with Crippen molar-refractivity contribution < 1.29 is 9.59 Å². The maximum atomic E-state index is 12.8. The van der Waals surface area contributed by atoms with Gasteiger partial charge in [-0.2, -0.15) is 5.26 Å². The lowest BCUT2D eigenvalue weighted by Crippen LogP contribution is -2.30. The fraction of sp³-hybridized carbons (Fsp3) is 0.125. The molecule has 6 heteroatoms. The maximum absolute atomic E-state index is 12.8. The second kappa shape index (κ2) is 7.72. The summed E-state index contributed by atoms with van der Waals surface area (Å²) < 4.78 is 2.05. The quantitative estimate of drug-likeness (QED) is 0.534. The number of hydrogen-bond donors (Lipinski definition) is 1. The van der Waals surface area contributed by atoms with E-state index in [9.17, 15) is 9.59 Å². The highest BCUT2D eigenvalue weighted by Gasteiger charge is 2.33. The molecule has 4 rings (SSSR count). The van der Waals surface area contributed by atoms with E-state index in [1.54, 1.807) is 18.2 Å². The highest BCUT2D eigenvalue weighted by Crippen LogP contribution is 2.24. The van der Waals surface area contributed by atoms with Gasteiger partial charge in [0.05, 0.1) is 18.2 Å². The highest BCUT2D eigenvalue weighted by atomic mass is 16.2. The van der Waals surface area contributed by atoms with Crippen LogP contribution in [0.4, 0.5) is 4.79 Å². The molecule has 148 valence electrons. The third kappa shape index (κ3) is 3.49. The van der Waals surface area contributed by atoms with Crippen LogP contribution in [0.1, 0.15) is 28.1 Å². The van der Waals surface area contributed by atoms with Crippen LogP contribution in [0.2, 0.25) is 0 Å². The summed E-state index contributed by atoms with van der Waals surface area (Å²) in [5.41, 5.74) is 5.46. The molecule has 30 heavy (non-hydrogen) atoms. The summed E-state index contributed by atoms with van der Waals surface area (Å²) in [5.74, 6) is -0.341. The van der Waals surface area contributed by atoms with Crippen LogP contribution in [-0.2, 0) is 11.3 Å². The van der Waals surface area contributed by atoms with Gasteiger partial charge in [0.15, 0.2) is 0 Å². The van der Waals surface area contributed by atoms with Crippen molar-refractivity contribution >= 4 is 18.0 Å². The fourth-order valence-electron chi connectivity index (χ4n) is 3.65. The van der Waals surface area contributed by atoms with E-state index in [2.05, 4.69) is 16.0 Å². The molecule has 6 nitrogen and oxygen atoms in total. The van der Waals surface area contributed by atoms with E-state index in [1.807, 2.05) is 62.4 Å². The Morgan fingerprint density at radius 2 is 1.73 bits per heavy atom. The number of rotatable bonds is 4. The summed E-state index contributed by atoms with van der Waals surface area (Å²) in [5, 5.41) is 11.7. The van der Waals surface area contributed by atoms with Gasteiger partial charge >= 0.3 is 6.03 Å². The zero-order valence-electron chi connectivity index (χ0n) is 16.7. The molecule has 0 bridgehead atoms. The lowest BCUT2D eigenvalue weighted by Gasteiger charge is -2.11. The van der Waals surface area contributed by atoms with Crippen molar-refractivity contribution in [2.45, 2.75) is 20.4 Å². The molecule has 0 aliphatic carbocycles. The minimum Gasteiger partial charge on any atom is -0.318 e. The highest BCUT2D eigenvalue weighted by molar-refractivity contribution is 6.13. The molecular formula is C24H20N4O2. The molecule has 1 aliphatic heterocycles. The molecule has 3 aromatic rings. The zero-order valence-corrected chi connectivity index (χ0v) is 16.7. The van der Waals surface area contributed by atoms with Gasteiger partial charge in [-0.15, -0.1) is 0 Å². The van der Waals surface area contributed by atoms with Gasteiger partial charge in [-0.25, -0.2) is 4.79 Å². The number of aromatic nitrogens is 1. The predicted octanol–water partition coefficient (Wildman–Crippen LogP) is 4.06. The summed E-state index contributed by atoms with van der Waals surface area (Å²) >= 11 is 0. The van der Waals surface area contributed by atoms with Crippen molar-refractivity contribution in [1.29, 1.82) is 5.26 Å². The van der Waals surface area contributed by atoms with E-state index in [0.29, 0.717) is 5.56 Å². The minimum atomic E-state index is -0.420. The number of amides is 3. The van der Waals surface area contributed by atoms with Crippen molar-refractivity contribution in [3.8, 4) is 11.8 Å². The largest absolute Gasteiger partial charge is 0.329 e. The van der Waals surface area contributed by atoms with Gasteiger partial charge in [-0.1, -0.05) is 30.3 Å². The molecule has 1 aliphatic rings. The average molecular weight is 396 g/mol. The number of nitriles is 1. The van der Waals surface area contributed by atoms with Crippen LogP contribution in [0.5, 0.6) is 0 Å². The molecule has 1 aromatic heterocycles. The number of urea groups is 1. The van der Waals surface area contributed by atoms with Gasteiger partial charge in [0, 0.05) is 17.1 Å². The Labute approximate surface area is 174 Å². The summed E-state index contributed by atoms with van der Waals surface area (Å²) in [6, 6.07) is 20.4. The Balaban J connectivity index is 1.63. The van der Waals surface area contributed by atoms with Crippen LogP contribution in [0.3, 0.4) is 0 Å². The number of imide groups is 1. The molecule has 0 spiro atoms. The van der Waals surface area contributed by atoms with Gasteiger partial charge in [-0.3, -0.25) is 9.69 Å². The molecule has 0 unspecified atom stereocenters. The number of carbonyl (C=O) groups excluding carboxylic acids is 2. The maximum Gasteiger partial charge on any atom is 0.329 e. The molecular weight excluding hydrogens is 376 g/mol. The Morgan fingerprint density at radius 3 is 2.40 bits per heavy atom. The molecule has 2 aromatic carbocycles. The van der Waals surface area contributed by atoms with Gasteiger partial charge in [0.1, 0.15) is 5.70 Å². The van der Waals surface area contributed by atoms with Crippen LogP contribution in [0.15, 0.2) is 66.4 Å². The standard InChI is InChI=1S/C24H20N4O2/c1-16-12-20(17(2)28(16)21-10-8-18(14-25)9-11-21)13-22-23(29)27(24(30)26-22)15-19-6-4-3-5-7-19/h3-13H,15H2,1-2H3,(H,26,30)/b22-13+. The van der Waals surface area contributed by atoms with Crippen LogP contribution in [-0.4, -0.2) is 21.4 Å². The monoisotopic (exact) mass is 396 g/mol. The SMILES string of the molecule is Cc1cc(/C=C2/NC(=O)N(Cc3ccccc3)C2=O)c(C)n1-c1ccc(C#N)cc1. The van der Waals surface area contributed by atoms with Crippen LogP contribution in [0.25, 0.3) is 11.8 Å². The second-order valence-electron chi connectivity index (χ2n) is 7.19. The predicted molar refractivity (Wildman–Crippen MR) is 113 cm³/mol.